The van der Waals surface area contributed by atoms with Gasteiger partial charge in [-0.05, 0) is 0 Å². The van der Waals surface area contributed by atoms with Crippen LogP contribution in [0.1, 0.15) is 28.8 Å². The maximum absolute atomic E-state index is 13.1. The molecular formula is C28H31AsFN2O3. The predicted octanol–water partition coefficient (Wildman–Crippen LogP) is 5.02. The van der Waals surface area contributed by atoms with E-state index < -0.39 is 6.10 Å². The Bertz CT molecular complexity index is 1070. The summed E-state index contributed by atoms with van der Waals surface area (Å²) in [5.41, 5.74) is 2.32. The Balaban J connectivity index is 1.18. The van der Waals surface area contributed by atoms with Crippen LogP contribution in [0.25, 0.3) is 0 Å². The molecule has 1 aliphatic heterocycles. The fourth-order valence-electron chi connectivity index (χ4n) is 4.10. The van der Waals surface area contributed by atoms with Crippen LogP contribution in [0.4, 0.5) is 10.1 Å². The predicted molar refractivity (Wildman–Crippen MR) is 138 cm³/mol. The quantitative estimate of drug-likeness (QED) is 0.357. The van der Waals surface area contributed by atoms with E-state index in [0.29, 0.717) is 21.7 Å². The first-order valence-corrected chi connectivity index (χ1v) is 14.4. The number of rotatable bonds is 10. The Morgan fingerprint density at radius 3 is 2.46 bits per heavy atom. The number of halogens is 1. The van der Waals surface area contributed by atoms with Crippen molar-refractivity contribution in [3.05, 3.63) is 95.8 Å². The molecule has 35 heavy (non-hydrogen) atoms. The van der Waals surface area contributed by atoms with Gasteiger partial charge in [0.25, 0.3) is 0 Å². The second-order valence-electron chi connectivity index (χ2n) is 8.78. The second kappa shape index (κ2) is 12.9. The number of aliphatic hydroxyl groups excluding tert-OH is 1. The van der Waals surface area contributed by atoms with E-state index >= 15 is 0 Å². The summed E-state index contributed by atoms with van der Waals surface area (Å²) in [5, 5.41) is 14.2. The molecule has 1 atom stereocenters. The molecule has 1 fully saturated rings. The molecule has 1 saturated heterocycles. The molecule has 3 aromatic carbocycles. The third kappa shape index (κ3) is 7.93. The van der Waals surface area contributed by atoms with Gasteiger partial charge >= 0.3 is 213 Å². The number of piperidine rings is 1. The summed E-state index contributed by atoms with van der Waals surface area (Å²) in [5.74, 6) is 0.165. The first-order chi connectivity index (χ1) is 17.1. The van der Waals surface area contributed by atoms with Crippen molar-refractivity contribution in [2.24, 2.45) is 0 Å². The van der Waals surface area contributed by atoms with E-state index in [1.165, 1.54) is 12.1 Å². The van der Waals surface area contributed by atoms with Gasteiger partial charge in [-0.25, -0.2) is 0 Å². The fraction of sp³-hybridized carbons (Fsp3) is 0.321. The van der Waals surface area contributed by atoms with E-state index in [1.54, 1.807) is 24.3 Å². The number of likely N-dealkylation sites (tertiary alicyclic amines) is 1. The van der Waals surface area contributed by atoms with Crippen LogP contribution in [0, 0.1) is 5.82 Å². The van der Waals surface area contributed by atoms with Crippen LogP contribution < -0.4 is 10.1 Å². The SMILES string of the molecule is O=C(Nc1ccccc1OCC(O)C[As]C1CCN(Cc2ccc(F)cc2)CC1)c1ccccc1. The van der Waals surface area contributed by atoms with Crippen molar-refractivity contribution in [1.29, 1.82) is 0 Å². The number of ether oxygens (including phenoxy) is 1. The molecule has 1 heterocycles. The van der Waals surface area contributed by atoms with Gasteiger partial charge in [-0.1, -0.05) is 0 Å². The van der Waals surface area contributed by atoms with E-state index in [-0.39, 0.29) is 34.1 Å². The molecule has 0 bridgehead atoms. The molecule has 4 rings (SSSR count). The van der Waals surface area contributed by atoms with Gasteiger partial charge in [0, 0.05) is 0 Å². The van der Waals surface area contributed by atoms with Crippen LogP contribution in [-0.2, 0) is 6.54 Å². The molecule has 1 radical (unpaired) electrons. The van der Waals surface area contributed by atoms with Crippen molar-refractivity contribution in [2.75, 3.05) is 25.0 Å². The van der Waals surface area contributed by atoms with E-state index in [1.807, 2.05) is 42.5 Å². The number of benzene rings is 3. The third-order valence-electron chi connectivity index (χ3n) is 6.05. The number of nitrogens with zero attached hydrogens (tertiary/aromatic N) is 1. The normalized spacial score (nSPS) is 15.8. The van der Waals surface area contributed by atoms with Crippen molar-refractivity contribution >= 4 is 27.3 Å². The van der Waals surface area contributed by atoms with Crippen molar-refractivity contribution in [2.45, 2.75) is 35.4 Å². The molecule has 0 saturated carbocycles. The molecule has 7 heteroatoms. The zero-order chi connectivity index (χ0) is 24.5. The van der Waals surface area contributed by atoms with Crippen molar-refractivity contribution in [1.82, 2.24) is 4.90 Å². The van der Waals surface area contributed by atoms with Crippen LogP contribution in [-0.4, -0.2) is 57.5 Å². The van der Waals surface area contributed by atoms with Gasteiger partial charge in [-0.15, -0.1) is 0 Å². The number of carbonyl (C=O) groups is 1. The van der Waals surface area contributed by atoms with Crippen molar-refractivity contribution < 1.29 is 19.0 Å². The minimum atomic E-state index is -0.523. The van der Waals surface area contributed by atoms with Crippen LogP contribution >= 0.6 is 0 Å². The van der Waals surface area contributed by atoms with Gasteiger partial charge in [-0.2, -0.15) is 0 Å². The molecule has 0 aromatic heterocycles. The zero-order valence-electron chi connectivity index (χ0n) is 19.6. The number of nitrogens with one attached hydrogen (secondary N) is 1. The zero-order valence-corrected chi connectivity index (χ0v) is 21.5. The summed E-state index contributed by atoms with van der Waals surface area (Å²) in [6, 6.07) is 23.1. The Morgan fingerprint density at radius 2 is 1.71 bits per heavy atom. The molecule has 0 aliphatic carbocycles. The van der Waals surface area contributed by atoms with E-state index in [4.69, 9.17) is 4.74 Å². The minimum absolute atomic E-state index is 0.0288. The van der Waals surface area contributed by atoms with Gasteiger partial charge < -0.3 is 0 Å². The standard InChI is InChI=1S/C28H31AsFN2O3/c30-24-12-10-21(11-13-24)19-32-16-14-23(15-17-32)29-18-25(33)20-35-27-9-5-4-8-26(27)31-28(34)22-6-2-1-3-7-22/h1-13,23,25,33H,14-20H2,(H,31,34). The summed E-state index contributed by atoms with van der Waals surface area (Å²) >= 11 is 0.0288. The van der Waals surface area contributed by atoms with Crippen molar-refractivity contribution in [3.63, 3.8) is 0 Å². The summed E-state index contributed by atoms with van der Waals surface area (Å²) < 4.78 is 19.7. The number of anilines is 1. The van der Waals surface area contributed by atoms with E-state index in [0.717, 1.165) is 43.2 Å². The Kier molecular flexibility index (Phi) is 9.35. The van der Waals surface area contributed by atoms with E-state index in [2.05, 4.69) is 10.2 Å². The monoisotopic (exact) mass is 537 g/mol. The number of carbonyl (C=O) groups excluding carboxylic acids is 1. The third-order valence-corrected chi connectivity index (χ3v) is 9.55. The molecule has 3 aromatic rings. The number of amides is 1. The average molecular weight is 537 g/mol. The molecule has 183 valence electrons. The van der Waals surface area contributed by atoms with Gasteiger partial charge in [0.1, 0.15) is 0 Å². The number of hydrogen-bond donors (Lipinski definition) is 2. The van der Waals surface area contributed by atoms with Gasteiger partial charge in [0.05, 0.1) is 0 Å². The summed E-state index contributed by atoms with van der Waals surface area (Å²) in [4.78, 5) is 14.9. The number of para-hydroxylation sites is 2. The van der Waals surface area contributed by atoms with Gasteiger partial charge in [-0.3, -0.25) is 0 Å². The first kappa shape index (κ1) is 25.4. The van der Waals surface area contributed by atoms with Gasteiger partial charge in [0.2, 0.25) is 0 Å². The first-order valence-electron chi connectivity index (χ1n) is 12.0. The Hall–Kier alpha value is -2.66. The van der Waals surface area contributed by atoms with Crippen LogP contribution in [0.5, 0.6) is 5.75 Å². The number of hydrogen-bond acceptors (Lipinski definition) is 4. The molecule has 1 amide bonds. The Labute approximate surface area is 213 Å². The number of aliphatic hydroxyl groups is 1. The van der Waals surface area contributed by atoms with Gasteiger partial charge in [0.15, 0.2) is 0 Å². The maximum atomic E-state index is 13.1. The molecule has 1 unspecified atom stereocenters. The summed E-state index contributed by atoms with van der Waals surface area (Å²) in [7, 11) is 0. The molecule has 2 N–H and O–H groups in total. The van der Waals surface area contributed by atoms with Crippen LogP contribution in [0.3, 0.4) is 0 Å². The molecule has 5 nitrogen and oxygen atoms in total. The average Bonchev–Trinajstić information content (AvgIpc) is 2.89. The van der Waals surface area contributed by atoms with E-state index in [9.17, 15) is 14.3 Å². The summed E-state index contributed by atoms with van der Waals surface area (Å²) in [6.45, 7) is 3.15. The van der Waals surface area contributed by atoms with Crippen molar-refractivity contribution in [3.8, 4) is 5.75 Å². The van der Waals surface area contributed by atoms with Crippen LogP contribution in [0.15, 0.2) is 78.9 Å². The summed E-state index contributed by atoms with van der Waals surface area (Å²) in [6.07, 6.45) is 1.76. The molecule has 0 spiro atoms. The second-order valence-corrected chi connectivity index (χ2v) is 11.8. The Morgan fingerprint density at radius 1 is 1.03 bits per heavy atom. The topological polar surface area (TPSA) is 61.8 Å². The molecular weight excluding hydrogens is 506 g/mol. The molecule has 1 aliphatic rings. The fourth-order valence-corrected chi connectivity index (χ4v) is 6.71. The van der Waals surface area contributed by atoms with Crippen LogP contribution in [0.2, 0.25) is 9.91 Å².